The number of hydrogen-bond acceptors (Lipinski definition) is 3. The van der Waals surface area contributed by atoms with Crippen LogP contribution in [0.1, 0.15) is 16.1 Å². The predicted molar refractivity (Wildman–Crippen MR) is 74.3 cm³/mol. The Kier molecular flexibility index (Phi) is 4.26. The third kappa shape index (κ3) is 3.09. The molecule has 0 saturated carbocycles. The first-order chi connectivity index (χ1) is 9.49. The smallest absolute Gasteiger partial charge is 0.309 e. The van der Waals surface area contributed by atoms with Crippen molar-refractivity contribution < 1.29 is 14.7 Å². The third-order valence-electron chi connectivity index (χ3n) is 2.48. The third-order valence-corrected chi connectivity index (χ3v) is 3.11. The summed E-state index contributed by atoms with van der Waals surface area (Å²) in [5, 5.41) is 17.9. The summed E-state index contributed by atoms with van der Waals surface area (Å²) < 4.78 is 0. The lowest BCUT2D eigenvalue weighted by atomic mass is 10.2. The molecule has 8 heteroatoms. The van der Waals surface area contributed by atoms with Crippen molar-refractivity contribution in [2.24, 2.45) is 0 Å². The molecule has 0 spiro atoms. The van der Waals surface area contributed by atoms with Crippen LogP contribution in [0.3, 0.4) is 0 Å². The maximum atomic E-state index is 12.1. The van der Waals surface area contributed by atoms with Gasteiger partial charge in [-0.25, -0.2) is 0 Å². The van der Waals surface area contributed by atoms with Crippen molar-refractivity contribution in [2.75, 3.05) is 5.32 Å². The number of nitrogens with zero attached hydrogens (tertiary/aromatic N) is 1. The summed E-state index contributed by atoms with van der Waals surface area (Å²) in [7, 11) is 0. The fraction of sp³-hybridized carbons (Fsp3) is 0.0833. The largest absolute Gasteiger partial charge is 0.481 e. The second kappa shape index (κ2) is 5.94. The van der Waals surface area contributed by atoms with Gasteiger partial charge in [-0.05, 0) is 12.1 Å². The van der Waals surface area contributed by atoms with Gasteiger partial charge in [0.2, 0.25) is 0 Å². The van der Waals surface area contributed by atoms with Gasteiger partial charge in [0.15, 0.2) is 0 Å². The van der Waals surface area contributed by atoms with Crippen molar-refractivity contribution in [1.82, 2.24) is 10.2 Å². The molecule has 1 heterocycles. The average molecular weight is 314 g/mol. The first-order valence-electron chi connectivity index (χ1n) is 5.49. The number of carbonyl (C=O) groups excluding carboxylic acids is 1. The number of aromatic nitrogens is 2. The topological polar surface area (TPSA) is 95.1 Å². The maximum absolute atomic E-state index is 12.1. The van der Waals surface area contributed by atoms with Crippen molar-refractivity contribution in [3.63, 3.8) is 0 Å². The fourth-order valence-corrected chi connectivity index (χ4v) is 2.17. The molecule has 6 nitrogen and oxygen atoms in total. The number of aliphatic carboxylic acids is 1. The molecule has 0 unspecified atom stereocenters. The van der Waals surface area contributed by atoms with Gasteiger partial charge in [-0.3, -0.25) is 14.7 Å². The van der Waals surface area contributed by atoms with Crippen molar-refractivity contribution in [3.05, 3.63) is 45.7 Å². The zero-order valence-corrected chi connectivity index (χ0v) is 11.5. The van der Waals surface area contributed by atoms with E-state index >= 15 is 0 Å². The van der Waals surface area contributed by atoms with Crippen LogP contribution in [0.2, 0.25) is 10.0 Å². The Labute approximate surface area is 123 Å². The minimum Gasteiger partial charge on any atom is -0.481 e. The standard InChI is InChI=1S/C12H9Cl2N3O3/c13-6-2-1-3-7(14)11(6)12(20)16-9-5-15-17-8(9)4-10(18)19/h1-3,5H,4H2,(H,15,17)(H,16,20)(H,18,19). The number of H-pyrrole nitrogens is 1. The molecule has 20 heavy (non-hydrogen) atoms. The minimum absolute atomic E-state index is 0.123. The molecule has 0 fully saturated rings. The first kappa shape index (κ1) is 14.4. The van der Waals surface area contributed by atoms with Gasteiger partial charge in [0.05, 0.1) is 33.4 Å². The molecule has 2 rings (SSSR count). The van der Waals surface area contributed by atoms with E-state index in [9.17, 15) is 9.59 Å². The number of rotatable bonds is 4. The van der Waals surface area contributed by atoms with Gasteiger partial charge in [0.25, 0.3) is 5.91 Å². The van der Waals surface area contributed by atoms with E-state index in [1.54, 1.807) is 6.07 Å². The Hall–Kier alpha value is -2.05. The lowest BCUT2D eigenvalue weighted by Crippen LogP contribution is -2.14. The number of carboxylic acids is 1. The minimum atomic E-state index is -1.05. The number of benzene rings is 1. The van der Waals surface area contributed by atoms with Gasteiger partial charge in [0, 0.05) is 6.20 Å². The molecule has 1 amide bonds. The Bertz CT molecular complexity index is 649. The van der Waals surface area contributed by atoms with E-state index in [0.29, 0.717) is 0 Å². The zero-order chi connectivity index (χ0) is 14.7. The van der Waals surface area contributed by atoms with E-state index in [1.807, 2.05) is 0 Å². The highest BCUT2D eigenvalue weighted by molar-refractivity contribution is 6.40. The second-order valence-electron chi connectivity index (χ2n) is 3.87. The molecule has 0 aliphatic rings. The lowest BCUT2D eigenvalue weighted by molar-refractivity contribution is -0.136. The highest BCUT2D eigenvalue weighted by Gasteiger charge is 2.17. The van der Waals surface area contributed by atoms with Crippen molar-refractivity contribution in [1.29, 1.82) is 0 Å². The van der Waals surface area contributed by atoms with Gasteiger partial charge in [-0.15, -0.1) is 0 Å². The van der Waals surface area contributed by atoms with E-state index in [2.05, 4.69) is 15.5 Å². The highest BCUT2D eigenvalue weighted by Crippen LogP contribution is 2.25. The number of halogens is 2. The summed E-state index contributed by atoms with van der Waals surface area (Å²) in [4.78, 5) is 22.8. The molecular formula is C12H9Cl2N3O3. The zero-order valence-electron chi connectivity index (χ0n) is 9.98. The van der Waals surface area contributed by atoms with Gasteiger partial charge >= 0.3 is 5.97 Å². The van der Waals surface area contributed by atoms with E-state index in [1.165, 1.54) is 18.3 Å². The summed E-state index contributed by atoms with van der Waals surface area (Å²) in [6.45, 7) is 0. The van der Waals surface area contributed by atoms with Gasteiger partial charge < -0.3 is 10.4 Å². The summed E-state index contributed by atoms with van der Waals surface area (Å²) in [6.07, 6.45) is 1.08. The number of amides is 1. The number of carboxylic acid groups (broad SMARTS) is 1. The molecular weight excluding hydrogens is 305 g/mol. The van der Waals surface area contributed by atoms with Crippen molar-refractivity contribution in [3.8, 4) is 0 Å². The molecule has 0 bridgehead atoms. The van der Waals surface area contributed by atoms with Gasteiger partial charge in [-0.2, -0.15) is 5.10 Å². The van der Waals surface area contributed by atoms with E-state index in [0.717, 1.165) is 0 Å². The summed E-state index contributed by atoms with van der Waals surface area (Å²) in [5.41, 5.74) is 0.612. The lowest BCUT2D eigenvalue weighted by Gasteiger charge is -2.07. The summed E-state index contributed by atoms with van der Waals surface area (Å²) in [5.74, 6) is -1.59. The monoisotopic (exact) mass is 313 g/mol. The molecule has 3 N–H and O–H groups in total. The van der Waals surface area contributed by atoms with Crippen molar-refractivity contribution >= 4 is 40.8 Å². The Morgan fingerprint density at radius 1 is 1.30 bits per heavy atom. The molecule has 0 saturated heterocycles. The fourth-order valence-electron chi connectivity index (χ4n) is 1.60. The number of hydrogen-bond donors (Lipinski definition) is 3. The van der Waals surface area contributed by atoms with Crippen LogP contribution >= 0.6 is 23.2 Å². The molecule has 0 atom stereocenters. The second-order valence-corrected chi connectivity index (χ2v) is 4.68. The summed E-state index contributed by atoms with van der Waals surface area (Å²) >= 11 is 11.9. The first-order valence-corrected chi connectivity index (χ1v) is 6.24. The quantitative estimate of drug-likeness (QED) is 0.808. The van der Waals surface area contributed by atoms with Crippen LogP contribution in [0.25, 0.3) is 0 Å². The van der Waals surface area contributed by atoms with Crippen LogP contribution in [-0.2, 0) is 11.2 Å². The molecule has 1 aromatic carbocycles. The SMILES string of the molecule is O=C(O)Cc1n[nH]cc1NC(=O)c1c(Cl)cccc1Cl. The number of nitrogens with one attached hydrogen (secondary N) is 2. The Balaban J connectivity index is 2.24. The van der Waals surface area contributed by atoms with E-state index < -0.39 is 11.9 Å². The van der Waals surface area contributed by atoms with Crippen LogP contribution in [0, 0.1) is 0 Å². The molecule has 0 radical (unpaired) electrons. The highest BCUT2D eigenvalue weighted by atomic mass is 35.5. The molecule has 2 aromatic rings. The molecule has 104 valence electrons. The normalized spacial score (nSPS) is 10.3. The van der Waals surface area contributed by atoms with E-state index in [4.69, 9.17) is 28.3 Å². The predicted octanol–water partition coefficient (Wildman–Crippen LogP) is 2.60. The number of aromatic amines is 1. The maximum Gasteiger partial charge on any atom is 0.309 e. The van der Waals surface area contributed by atoms with Gasteiger partial charge in [0.1, 0.15) is 0 Å². The van der Waals surface area contributed by atoms with Crippen LogP contribution < -0.4 is 5.32 Å². The molecule has 1 aromatic heterocycles. The van der Waals surface area contributed by atoms with E-state index in [-0.39, 0.29) is 33.4 Å². The van der Waals surface area contributed by atoms with Crippen LogP contribution in [0.4, 0.5) is 5.69 Å². The number of anilines is 1. The average Bonchev–Trinajstić information content (AvgIpc) is 2.75. The number of carbonyl (C=O) groups is 2. The summed E-state index contributed by atoms with van der Waals surface area (Å²) in [6, 6.07) is 4.70. The van der Waals surface area contributed by atoms with Crippen LogP contribution in [0.5, 0.6) is 0 Å². The Morgan fingerprint density at radius 3 is 2.55 bits per heavy atom. The molecule has 0 aliphatic heterocycles. The van der Waals surface area contributed by atoms with Crippen LogP contribution in [-0.4, -0.2) is 27.2 Å². The Morgan fingerprint density at radius 2 is 1.95 bits per heavy atom. The van der Waals surface area contributed by atoms with Crippen LogP contribution in [0.15, 0.2) is 24.4 Å². The van der Waals surface area contributed by atoms with Gasteiger partial charge in [-0.1, -0.05) is 29.3 Å². The molecule has 0 aliphatic carbocycles. The van der Waals surface area contributed by atoms with Crippen molar-refractivity contribution in [2.45, 2.75) is 6.42 Å².